The Morgan fingerprint density at radius 1 is 1.40 bits per heavy atom. The predicted octanol–water partition coefficient (Wildman–Crippen LogP) is 3.07. The van der Waals surface area contributed by atoms with Crippen molar-refractivity contribution < 1.29 is 9.84 Å². The predicted molar refractivity (Wildman–Crippen MR) is 84.6 cm³/mol. The van der Waals surface area contributed by atoms with E-state index in [-0.39, 0.29) is 12.1 Å². The van der Waals surface area contributed by atoms with Crippen LogP contribution in [-0.2, 0) is 0 Å². The lowest BCUT2D eigenvalue weighted by Gasteiger charge is -2.28. The van der Waals surface area contributed by atoms with E-state index >= 15 is 0 Å². The first-order chi connectivity index (χ1) is 9.71. The minimum absolute atomic E-state index is 0.0554. The maximum atomic E-state index is 9.71. The lowest BCUT2D eigenvalue weighted by molar-refractivity contribution is 0.165. The van der Waals surface area contributed by atoms with Crippen molar-refractivity contribution in [2.75, 3.05) is 20.3 Å². The molecule has 2 rings (SSSR count). The molecule has 1 fully saturated rings. The first kappa shape index (κ1) is 15.7. The summed E-state index contributed by atoms with van der Waals surface area (Å²) in [5.41, 5.74) is -0.0554. The summed E-state index contributed by atoms with van der Waals surface area (Å²) >= 11 is 1.91. The van der Waals surface area contributed by atoms with E-state index in [4.69, 9.17) is 4.74 Å². The van der Waals surface area contributed by atoms with Gasteiger partial charge in [0, 0.05) is 15.7 Å². The Morgan fingerprint density at radius 3 is 2.75 bits per heavy atom. The molecular weight excluding hydrogens is 270 g/mol. The zero-order chi connectivity index (χ0) is 14.4. The van der Waals surface area contributed by atoms with E-state index in [1.807, 2.05) is 23.9 Å². The van der Waals surface area contributed by atoms with Gasteiger partial charge in [0.1, 0.15) is 5.75 Å². The van der Waals surface area contributed by atoms with Crippen LogP contribution in [0.3, 0.4) is 0 Å². The van der Waals surface area contributed by atoms with E-state index in [1.54, 1.807) is 7.11 Å². The zero-order valence-corrected chi connectivity index (χ0v) is 13.2. The number of nitrogens with one attached hydrogen (secondary N) is 1. The molecule has 1 aromatic carbocycles. The Bertz CT molecular complexity index is 409. The van der Waals surface area contributed by atoms with Crippen LogP contribution in [-0.4, -0.2) is 36.2 Å². The summed E-state index contributed by atoms with van der Waals surface area (Å²) in [6.45, 7) is 3.39. The Balaban J connectivity index is 1.91. The molecule has 2 atom stereocenters. The number of aliphatic hydroxyl groups excluding tert-OH is 1. The topological polar surface area (TPSA) is 41.5 Å². The molecule has 1 aliphatic rings. The molecule has 3 nitrogen and oxygen atoms in total. The molecule has 2 unspecified atom stereocenters. The zero-order valence-electron chi connectivity index (χ0n) is 12.4. The molecule has 2 N–H and O–H groups in total. The molecule has 0 amide bonds. The van der Waals surface area contributed by atoms with Gasteiger partial charge in [0.15, 0.2) is 0 Å². The van der Waals surface area contributed by atoms with Gasteiger partial charge in [-0.05, 0) is 56.5 Å². The Hall–Kier alpha value is -0.710. The van der Waals surface area contributed by atoms with Crippen molar-refractivity contribution >= 4 is 11.8 Å². The van der Waals surface area contributed by atoms with Crippen LogP contribution in [0.4, 0.5) is 0 Å². The largest absolute Gasteiger partial charge is 0.497 e. The smallest absolute Gasteiger partial charge is 0.118 e. The molecule has 0 aliphatic heterocycles. The average Bonchev–Trinajstić information content (AvgIpc) is 2.90. The maximum absolute atomic E-state index is 9.71. The second kappa shape index (κ2) is 7.34. The van der Waals surface area contributed by atoms with Crippen molar-refractivity contribution in [3.05, 3.63) is 24.3 Å². The maximum Gasteiger partial charge on any atom is 0.118 e. The van der Waals surface area contributed by atoms with Gasteiger partial charge in [-0.3, -0.25) is 0 Å². The van der Waals surface area contributed by atoms with Gasteiger partial charge in [0.2, 0.25) is 0 Å². The van der Waals surface area contributed by atoms with Gasteiger partial charge in [-0.1, -0.05) is 6.92 Å². The lowest BCUT2D eigenvalue weighted by Crippen LogP contribution is -2.46. The van der Waals surface area contributed by atoms with Crippen LogP contribution < -0.4 is 10.1 Å². The molecule has 0 heterocycles. The fraction of sp³-hybridized carbons (Fsp3) is 0.625. The number of ether oxygens (including phenoxy) is 1. The average molecular weight is 295 g/mol. The van der Waals surface area contributed by atoms with Gasteiger partial charge >= 0.3 is 0 Å². The van der Waals surface area contributed by atoms with Crippen LogP contribution in [0, 0.1) is 0 Å². The van der Waals surface area contributed by atoms with Gasteiger partial charge in [-0.2, -0.15) is 0 Å². The Labute approximate surface area is 126 Å². The van der Waals surface area contributed by atoms with Crippen LogP contribution in [0.25, 0.3) is 0 Å². The highest BCUT2D eigenvalue weighted by Gasteiger charge is 2.38. The standard InChI is InChI=1S/C16H25NO2S/c1-3-10-17-16(12-18)9-8-15(11-16)20-14-6-4-13(19-2)5-7-14/h4-7,15,17-18H,3,8-12H2,1-2H3. The van der Waals surface area contributed by atoms with Gasteiger partial charge in [-0.25, -0.2) is 0 Å². The lowest BCUT2D eigenvalue weighted by atomic mass is 9.99. The molecule has 1 saturated carbocycles. The van der Waals surface area contributed by atoms with Crippen molar-refractivity contribution in [1.29, 1.82) is 0 Å². The van der Waals surface area contributed by atoms with E-state index in [1.165, 1.54) is 4.90 Å². The molecule has 0 bridgehead atoms. The van der Waals surface area contributed by atoms with E-state index in [0.717, 1.165) is 38.0 Å². The number of rotatable bonds is 7. The number of thioether (sulfide) groups is 1. The fourth-order valence-corrected chi connectivity index (χ4v) is 4.09. The van der Waals surface area contributed by atoms with Gasteiger partial charge in [-0.15, -0.1) is 11.8 Å². The first-order valence-corrected chi connectivity index (χ1v) is 8.26. The normalized spacial score (nSPS) is 25.9. The molecule has 1 aromatic rings. The highest BCUT2D eigenvalue weighted by Crippen LogP contribution is 2.40. The number of hydrogen-bond acceptors (Lipinski definition) is 4. The summed E-state index contributed by atoms with van der Waals surface area (Å²) in [4.78, 5) is 1.28. The highest BCUT2D eigenvalue weighted by atomic mass is 32.2. The molecule has 0 aromatic heterocycles. The Kier molecular flexibility index (Phi) is 5.75. The first-order valence-electron chi connectivity index (χ1n) is 7.38. The third-order valence-corrected chi connectivity index (χ3v) is 5.26. The minimum Gasteiger partial charge on any atom is -0.497 e. The highest BCUT2D eigenvalue weighted by molar-refractivity contribution is 8.00. The molecule has 112 valence electrons. The third kappa shape index (κ3) is 3.90. The summed E-state index contributed by atoms with van der Waals surface area (Å²) in [5, 5.41) is 13.8. The monoisotopic (exact) mass is 295 g/mol. The number of aliphatic hydroxyl groups is 1. The second-order valence-corrected chi connectivity index (χ2v) is 6.90. The molecule has 0 spiro atoms. The van der Waals surface area contributed by atoms with Crippen molar-refractivity contribution in [3.63, 3.8) is 0 Å². The molecule has 1 aliphatic carbocycles. The molecular formula is C16H25NO2S. The summed E-state index contributed by atoms with van der Waals surface area (Å²) in [7, 11) is 1.69. The van der Waals surface area contributed by atoms with Gasteiger partial charge in [0.25, 0.3) is 0 Å². The van der Waals surface area contributed by atoms with Crippen LogP contribution in [0.2, 0.25) is 0 Å². The summed E-state index contributed by atoms with van der Waals surface area (Å²) < 4.78 is 5.18. The van der Waals surface area contributed by atoms with Crippen molar-refractivity contribution in [2.45, 2.75) is 48.3 Å². The summed E-state index contributed by atoms with van der Waals surface area (Å²) in [6.07, 6.45) is 4.38. The number of hydrogen-bond donors (Lipinski definition) is 2. The quantitative estimate of drug-likeness (QED) is 0.811. The second-order valence-electron chi connectivity index (χ2n) is 5.52. The minimum atomic E-state index is -0.0554. The van der Waals surface area contributed by atoms with Crippen LogP contribution in [0.1, 0.15) is 32.6 Å². The van der Waals surface area contributed by atoms with E-state index < -0.39 is 0 Å². The molecule has 0 radical (unpaired) electrons. The van der Waals surface area contributed by atoms with E-state index in [9.17, 15) is 5.11 Å². The van der Waals surface area contributed by atoms with Crippen LogP contribution in [0.15, 0.2) is 29.2 Å². The van der Waals surface area contributed by atoms with Crippen molar-refractivity contribution in [1.82, 2.24) is 5.32 Å². The SMILES string of the molecule is CCCNC1(CO)CCC(Sc2ccc(OC)cc2)C1. The van der Waals surface area contributed by atoms with Crippen LogP contribution >= 0.6 is 11.8 Å². The van der Waals surface area contributed by atoms with Crippen molar-refractivity contribution in [2.24, 2.45) is 0 Å². The third-order valence-electron chi connectivity index (χ3n) is 3.98. The van der Waals surface area contributed by atoms with Gasteiger partial charge < -0.3 is 15.2 Å². The van der Waals surface area contributed by atoms with Crippen LogP contribution in [0.5, 0.6) is 5.75 Å². The van der Waals surface area contributed by atoms with E-state index in [0.29, 0.717) is 5.25 Å². The molecule has 4 heteroatoms. The van der Waals surface area contributed by atoms with Gasteiger partial charge in [0.05, 0.1) is 13.7 Å². The summed E-state index contributed by atoms with van der Waals surface area (Å²) in [6, 6.07) is 8.24. The molecule has 0 saturated heterocycles. The fourth-order valence-electron chi connectivity index (χ4n) is 2.77. The van der Waals surface area contributed by atoms with E-state index in [2.05, 4.69) is 24.4 Å². The molecule has 20 heavy (non-hydrogen) atoms. The number of methoxy groups -OCH3 is 1. The van der Waals surface area contributed by atoms with Crippen molar-refractivity contribution in [3.8, 4) is 5.75 Å². The number of benzene rings is 1. The Morgan fingerprint density at radius 2 is 2.15 bits per heavy atom. The summed E-state index contributed by atoms with van der Waals surface area (Å²) in [5.74, 6) is 0.898.